The van der Waals surface area contributed by atoms with E-state index in [2.05, 4.69) is 22.1 Å². The predicted molar refractivity (Wildman–Crippen MR) is 69.7 cm³/mol. The summed E-state index contributed by atoms with van der Waals surface area (Å²) >= 11 is 2.55. The van der Waals surface area contributed by atoms with E-state index in [-0.39, 0.29) is 10.6 Å². The number of ether oxygens (including phenoxy) is 1. The van der Waals surface area contributed by atoms with Crippen molar-refractivity contribution in [2.45, 2.75) is 12.8 Å². The van der Waals surface area contributed by atoms with Crippen molar-refractivity contribution in [2.75, 3.05) is 7.11 Å². The Morgan fingerprint density at radius 3 is 2.47 bits per heavy atom. The molecule has 0 aliphatic rings. The molecule has 0 aliphatic carbocycles. The van der Waals surface area contributed by atoms with Crippen LogP contribution in [0.3, 0.4) is 0 Å². The molecule has 0 aliphatic heterocycles. The molecule has 0 spiro atoms. The Kier molecular flexibility index (Phi) is 3.51. The Morgan fingerprint density at radius 2 is 1.82 bits per heavy atom. The van der Waals surface area contributed by atoms with Crippen LogP contribution in [0.1, 0.15) is 18.4 Å². The van der Waals surface area contributed by atoms with Gasteiger partial charge in [0, 0.05) is 0 Å². The van der Waals surface area contributed by atoms with Crippen LogP contribution in [0.25, 0.3) is 10.8 Å². The Balaban J connectivity index is 2.48. The minimum atomic E-state index is -0.0958. The zero-order valence-corrected chi connectivity index (χ0v) is 11.5. The molecule has 2 aromatic rings. The molecule has 1 radical (unpaired) electrons. The van der Waals surface area contributed by atoms with Crippen LogP contribution in [0.4, 0.5) is 0 Å². The van der Waals surface area contributed by atoms with Crippen molar-refractivity contribution in [1.29, 1.82) is 0 Å². The number of benzene rings is 2. The van der Waals surface area contributed by atoms with E-state index >= 15 is 0 Å². The molecule has 0 fully saturated rings. The Morgan fingerprint density at radius 1 is 1.18 bits per heavy atom. The van der Waals surface area contributed by atoms with Gasteiger partial charge in [-0.05, 0) is 0 Å². The Bertz CT molecular complexity index is 563. The Hall–Kier alpha value is -1.31. The molecule has 0 saturated carbocycles. The molecule has 0 heterocycles. The topological polar surface area (TPSA) is 26.3 Å². The average Bonchev–Trinajstić information content (AvgIpc) is 2.36. The fourth-order valence-corrected chi connectivity index (χ4v) is 2.06. The van der Waals surface area contributed by atoms with Crippen molar-refractivity contribution in [3.63, 3.8) is 0 Å². The van der Waals surface area contributed by atoms with E-state index in [0.29, 0.717) is 0 Å². The molecule has 2 rings (SSSR count). The zero-order valence-electron chi connectivity index (χ0n) is 9.77. The molecular weight excluding hydrogens is 279 g/mol. The molecule has 0 amide bonds. The summed E-state index contributed by atoms with van der Waals surface area (Å²) < 4.78 is 5.25. The third-order valence-electron chi connectivity index (χ3n) is 2.93. The second-order valence-corrected chi connectivity index (χ2v) is 4.86. The first-order valence-corrected chi connectivity index (χ1v) is 6.26. The summed E-state index contributed by atoms with van der Waals surface area (Å²) in [5, 5.41) is 2.24. The number of rotatable bonds is 3. The van der Waals surface area contributed by atoms with E-state index in [1.165, 1.54) is 0 Å². The van der Waals surface area contributed by atoms with Crippen molar-refractivity contribution in [3.8, 4) is 5.75 Å². The number of carbonyl (C=O) groups is 1. The van der Waals surface area contributed by atoms with Crippen LogP contribution in [0, 0.1) is 0 Å². The molecule has 1 atom stereocenters. The second kappa shape index (κ2) is 4.91. The third-order valence-corrected chi connectivity index (χ3v) is 3.67. The average molecular weight is 292 g/mol. The van der Waals surface area contributed by atoms with Crippen molar-refractivity contribution < 1.29 is 9.53 Å². The van der Waals surface area contributed by atoms with Gasteiger partial charge in [-0.1, -0.05) is 0 Å². The van der Waals surface area contributed by atoms with Gasteiger partial charge in [-0.2, -0.15) is 0 Å². The van der Waals surface area contributed by atoms with E-state index in [9.17, 15) is 4.79 Å². The molecule has 1 unspecified atom stereocenters. The van der Waals surface area contributed by atoms with Crippen molar-refractivity contribution in [2.24, 2.45) is 0 Å². The van der Waals surface area contributed by atoms with Crippen molar-refractivity contribution in [1.82, 2.24) is 0 Å². The zero-order chi connectivity index (χ0) is 12.4. The molecule has 17 heavy (non-hydrogen) atoms. The summed E-state index contributed by atoms with van der Waals surface area (Å²) in [5.74, 6) is 0.750. The number of hydrogen-bond donors (Lipinski definition) is 0. The summed E-state index contributed by atoms with van der Waals surface area (Å²) in [7, 11) is 1.66. The molecule has 0 aromatic heterocycles. The van der Waals surface area contributed by atoms with Crippen LogP contribution in [0.2, 0.25) is 0 Å². The van der Waals surface area contributed by atoms with Gasteiger partial charge >= 0.3 is 109 Å². The Labute approximate surface area is 109 Å². The van der Waals surface area contributed by atoms with E-state index in [1.54, 1.807) is 7.11 Å². The maximum absolute atomic E-state index is 11.3. The molecule has 0 N–H and O–H groups in total. The molecule has 2 aromatic carbocycles. The predicted octanol–water partition coefficient (Wildman–Crippen LogP) is 2.65. The fraction of sp³-hybridized carbons (Fsp3) is 0.214. The van der Waals surface area contributed by atoms with Crippen LogP contribution in [-0.4, -0.2) is 27.8 Å². The number of hydrogen-bond acceptors (Lipinski definition) is 2. The van der Waals surface area contributed by atoms with E-state index in [1.807, 2.05) is 37.3 Å². The van der Waals surface area contributed by atoms with Gasteiger partial charge in [0.15, 0.2) is 0 Å². The van der Waals surface area contributed by atoms with Crippen LogP contribution >= 0.6 is 0 Å². The number of fused-ring (bicyclic) bond motifs is 1. The third kappa shape index (κ3) is 2.51. The summed E-state index contributed by atoms with van der Waals surface area (Å²) in [6, 6.07) is 12.0. The van der Waals surface area contributed by atoms with Gasteiger partial charge in [-0.3, -0.25) is 0 Å². The van der Waals surface area contributed by atoms with Crippen LogP contribution < -0.4 is 4.74 Å². The van der Waals surface area contributed by atoms with Crippen molar-refractivity contribution in [3.05, 3.63) is 42.0 Å². The normalized spacial score (nSPS) is 12.4. The summed E-state index contributed by atoms with van der Waals surface area (Å²) in [4.78, 5) is 11.3. The summed E-state index contributed by atoms with van der Waals surface area (Å²) in [6.45, 7) is 1.91. The standard InChI is InChI=1S/C14H13O2Se/c1-9(14(15)17)10-3-4-12-8-13(16-2)6-5-11(12)7-10/h3-9H,1-2H3. The van der Waals surface area contributed by atoms with Gasteiger partial charge in [-0.15, -0.1) is 0 Å². The monoisotopic (exact) mass is 293 g/mol. The summed E-state index contributed by atoms with van der Waals surface area (Å²) in [5.41, 5.74) is 1.03. The van der Waals surface area contributed by atoms with Crippen LogP contribution in [0.5, 0.6) is 5.75 Å². The fourth-order valence-electron chi connectivity index (χ4n) is 1.77. The first kappa shape index (κ1) is 12.2. The molecule has 2 nitrogen and oxygen atoms in total. The van der Waals surface area contributed by atoms with E-state index < -0.39 is 0 Å². The molecular formula is C14H13O2Se. The number of carbonyl (C=O) groups excluding carboxylic acids is 1. The van der Waals surface area contributed by atoms with Crippen LogP contribution in [-0.2, 0) is 4.79 Å². The number of methoxy groups -OCH3 is 1. The molecule has 3 heteroatoms. The summed E-state index contributed by atoms with van der Waals surface area (Å²) in [6.07, 6.45) is 0. The first-order chi connectivity index (χ1) is 8.11. The molecule has 0 saturated heterocycles. The van der Waals surface area contributed by atoms with E-state index in [0.717, 1.165) is 22.1 Å². The maximum atomic E-state index is 11.3. The molecule has 0 bridgehead atoms. The van der Waals surface area contributed by atoms with Gasteiger partial charge in [-0.25, -0.2) is 0 Å². The second-order valence-electron chi connectivity index (χ2n) is 4.01. The minimum absolute atomic E-state index is 0.0675. The quantitative estimate of drug-likeness (QED) is 0.813. The SMILES string of the molecule is COc1ccc2cc(C(C)C(=O)[Se])ccc2c1. The van der Waals surface area contributed by atoms with Gasteiger partial charge < -0.3 is 0 Å². The van der Waals surface area contributed by atoms with Gasteiger partial charge in [0.1, 0.15) is 0 Å². The van der Waals surface area contributed by atoms with Crippen LogP contribution in [0.15, 0.2) is 36.4 Å². The van der Waals surface area contributed by atoms with Gasteiger partial charge in [0.05, 0.1) is 0 Å². The van der Waals surface area contributed by atoms with Gasteiger partial charge in [0.25, 0.3) is 0 Å². The van der Waals surface area contributed by atoms with E-state index in [4.69, 9.17) is 4.74 Å². The van der Waals surface area contributed by atoms with Gasteiger partial charge in [0.2, 0.25) is 0 Å². The van der Waals surface area contributed by atoms with Crippen molar-refractivity contribution >= 4 is 31.5 Å². The molecule has 87 valence electrons. The first-order valence-electron chi connectivity index (χ1n) is 5.40.